The standard InChI is InChI=1S/C31H29ClFNO3/c1-19-8-12-26(33)28(16-19)37-30-23-7-5-6-21(22(23)14-15-34-30)18-27(35)24-17-20(9-11-25(24)32)10-13-29(36)31(2,3)4/h5-9,11-12,14-17H,10,13,18H2,1-4H3. The van der Waals surface area contributed by atoms with Crippen molar-refractivity contribution in [3.63, 3.8) is 0 Å². The molecule has 3 aromatic carbocycles. The van der Waals surface area contributed by atoms with Crippen molar-refractivity contribution in [3.8, 4) is 11.6 Å². The van der Waals surface area contributed by atoms with Gasteiger partial charge in [0.15, 0.2) is 17.3 Å². The molecule has 0 radical (unpaired) electrons. The number of carbonyl (C=O) groups excluding carboxylic acids is 2. The van der Waals surface area contributed by atoms with Gasteiger partial charge < -0.3 is 4.74 Å². The Bertz CT molecular complexity index is 1490. The van der Waals surface area contributed by atoms with Gasteiger partial charge in [-0.25, -0.2) is 9.37 Å². The first-order valence-corrected chi connectivity index (χ1v) is 12.6. The maximum atomic E-state index is 14.3. The Morgan fingerprint density at radius 2 is 1.78 bits per heavy atom. The molecule has 1 heterocycles. The molecule has 0 N–H and O–H groups in total. The first-order valence-electron chi connectivity index (χ1n) is 12.2. The van der Waals surface area contributed by atoms with Gasteiger partial charge in [0.05, 0.1) is 5.02 Å². The second kappa shape index (κ2) is 10.8. The van der Waals surface area contributed by atoms with Crippen molar-refractivity contribution < 1.29 is 18.7 Å². The summed E-state index contributed by atoms with van der Waals surface area (Å²) in [6.07, 6.45) is 2.64. The zero-order valence-corrected chi connectivity index (χ0v) is 22.2. The van der Waals surface area contributed by atoms with Gasteiger partial charge in [-0.2, -0.15) is 0 Å². The van der Waals surface area contributed by atoms with Gasteiger partial charge in [-0.1, -0.05) is 56.6 Å². The zero-order chi connectivity index (χ0) is 26.7. The maximum absolute atomic E-state index is 14.3. The van der Waals surface area contributed by atoms with Crippen LogP contribution in [0.15, 0.2) is 66.9 Å². The highest BCUT2D eigenvalue weighted by atomic mass is 35.5. The van der Waals surface area contributed by atoms with Crippen molar-refractivity contribution in [2.24, 2.45) is 5.41 Å². The summed E-state index contributed by atoms with van der Waals surface area (Å²) < 4.78 is 20.1. The fraction of sp³-hybridized carbons (Fsp3) is 0.258. The molecular weight excluding hydrogens is 489 g/mol. The first-order chi connectivity index (χ1) is 17.5. The summed E-state index contributed by atoms with van der Waals surface area (Å²) in [5.74, 6) is -0.0851. The molecule has 1 aromatic heterocycles. The molecule has 4 rings (SSSR count). The highest BCUT2D eigenvalue weighted by Crippen LogP contribution is 2.32. The molecule has 0 aliphatic heterocycles. The van der Waals surface area contributed by atoms with Crippen molar-refractivity contribution in [1.29, 1.82) is 0 Å². The number of carbonyl (C=O) groups is 2. The number of hydrogen-bond acceptors (Lipinski definition) is 4. The quantitative estimate of drug-likeness (QED) is 0.221. The van der Waals surface area contributed by atoms with E-state index in [-0.39, 0.29) is 29.6 Å². The van der Waals surface area contributed by atoms with Crippen LogP contribution in [0.1, 0.15) is 54.2 Å². The van der Waals surface area contributed by atoms with E-state index >= 15 is 0 Å². The fourth-order valence-corrected chi connectivity index (χ4v) is 4.34. The molecule has 4 aromatic rings. The van der Waals surface area contributed by atoms with Crippen LogP contribution in [-0.2, 0) is 17.6 Å². The highest BCUT2D eigenvalue weighted by molar-refractivity contribution is 6.34. The number of Topliss-reactive ketones (excluding diaryl/α,β-unsaturated/α-hetero) is 2. The molecule has 37 heavy (non-hydrogen) atoms. The van der Waals surface area contributed by atoms with Gasteiger partial charge in [-0.3, -0.25) is 9.59 Å². The Labute approximate surface area is 221 Å². The minimum Gasteiger partial charge on any atom is -0.435 e. The Morgan fingerprint density at radius 1 is 1.00 bits per heavy atom. The lowest BCUT2D eigenvalue weighted by Gasteiger charge is -2.16. The second-order valence-electron chi connectivity index (χ2n) is 10.3. The second-order valence-corrected chi connectivity index (χ2v) is 10.7. The summed E-state index contributed by atoms with van der Waals surface area (Å²) in [4.78, 5) is 30.0. The summed E-state index contributed by atoms with van der Waals surface area (Å²) in [7, 11) is 0. The molecule has 0 fully saturated rings. The van der Waals surface area contributed by atoms with Crippen LogP contribution >= 0.6 is 11.6 Å². The third-order valence-corrected chi connectivity index (χ3v) is 6.64. The molecule has 0 spiro atoms. The summed E-state index contributed by atoms with van der Waals surface area (Å²) >= 11 is 6.40. The Morgan fingerprint density at radius 3 is 2.54 bits per heavy atom. The van der Waals surface area contributed by atoms with E-state index in [0.29, 0.717) is 28.8 Å². The van der Waals surface area contributed by atoms with Crippen LogP contribution in [0.25, 0.3) is 10.8 Å². The number of benzene rings is 3. The number of ether oxygens (including phenoxy) is 1. The number of aryl methyl sites for hydroxylation is 2. The highest BCUT2D eigenvalue weighted by Gasteiger charge is 2.21. The van der Waals surface area contributed by atoms with Crippen LogP contribution in [0, 0.1) is 18.2 Å². The minimum atomic E-state index is -0.477. The van der Waals surface area contributed by atoms with Gasteiger partial charge in [0, 0.05) is 35.4 Å². The lowest BCUT2D eigenvalue weighted by molar-refractivity contribution is -0.126. The van der Waals surface area contributed by atoms with Crippen molar-refractivity contribution in [2.45, 2.75) is 47.0 Å². The van der Waals surface area contributed by atoms with E-state index in [2.05, 4.69) is 4.98 Å². The molecule has 0 saturated carbocycles. The lowest BCUT2D eigenvalue weighted by atomic mass is 9.87. The molecule has 0 bridgehead atoms. The molecule has 0 atom stereocenters. The van der Waals surface area contributed by atoms with Crippen molar-refractivity contribution in [1.82, 2.24) is 4.98 Å². The number of ketones is 2. The van der Waals surface area contributed by atoms with Gasteiger partial charge in [0.25, 0.3) is 0 Å². The predicted molar refractivity (Wildman–Crippen MR) is 145 cm³/mol. The van der Waals surface area contributed by atoms with Gasteiger partial charge in [-0.15, -0.1) is 0 Å². The van der Waals surface area contributed by atoms with Crippen LogP contribution in [0.4, 0.5) is 4.39 Å². The molecule has 0 aliphatic carbocycles. The first kappa shape index (κ1) is 26.5. The van der Waals surface area contributed by atoms with E-state index in [9.17, 15) is 14.0 Å². The topological polar surface area (TPSA) is 56.3 Å². The van der Waals surface area contributed by atoms with Crippen molar-refractivity contribution >= 4 is 33.9 Å². The van der Waals surface area contributed by atoms with E-state index in [1.165, 1.54) is 6.07 Å². The van der Waals surface area contributed by atoms with Crippen LogP contribution in [0.5, 0.6) is 11.6 Å². The number of rotatable bonds is 8. The Hall–Kier alpha value is -3.57. The Kier molecular flexibility index (Phi) is 7.74. The van der Waals surface area contributed by atoms with E-state index < -0.39 is 11.2 Å². The molecule has 6 heteroatoms. The normalized spacial score (nSPS) is 11.5. The largest absolute Gasteiger partial charge is 0.435 e. The van der Waals surface area contributed by atoms with Gasteiger partial charge in [0.1, 0.15) is 5.78 Å². The number of fused-ring (bicyclic) bond motifs is 1. The van der Waals surface area contributed by atoms with Gasteiger partial charge in [-0.05, 0) is 71.8 Å². The summed E-state index contributed by atoms with van der Waals surface area (Å²) in [6.45, 7) is 7.56. The summed E-state index contributed by atoms with van der Waals surface area (Å²) in [5, 5.41) is 1.84. The molecule has 0 aliphatic rings. The number of hydrogen-bond donors (Lipinski definition) is 0. The lowest BCUT2D eigenvalue weighted by Crippen LogP contribution is -2.20. The van der Waals surface area contributed by atoms with E-state index in [0.717, 1.165) is 22.1 Å². The molecule has 0 unspecified atom stereocenters. The van der Waals surface area contributed by atoms with Gasteiger partial charge >= 0.3 is 0 Å². The van der Waals surface area contributed by atoms with Crippen LogP contribution in [0.2, 0.25) is 5.02 Å². The van der Waals surface area contributed by atoms with Crippen molar-refractivity contribution in [2.75, 3.05) is 0 Å². The fourth-order valence-electron chi connectivity index (χ4n) is 4.12. The molecule has 190 valence electrons. The third-order valence-electron chi connectivity index (χ3n) is 6.31. The molecule has 0 saturated heterocycles. The average Bonchev–Trinajstić information content (AvgIpc) is 2.85. The summed E-state index contributed by atoms with van der Waals surface area (Å²) in [6, 6.07) is 17.3. The van der Waals surface area contributed by atoms with Crippen LogP contribution < -0.4 is 4.74 Å². The van der Waals surface area contributed by atoms with Crippen molar-refractivity contribution in [3.05, 3.63) is 100.0 Å². The van der Waals surface area contributed by atoms with Crippen LogP contribution in [-0.4, -0.2) is 16.6 Å². The van der Waals surface area contributed by atoms with E-state index in [1.807, 2.05) is 58.0 Å². The van der Waals surface area contributed by atoms with E-state index in [1.54, 1.807) is 30.5 Å². The zero-order valence-electron chi connectivity index (χ0n) is 21.4. The molecular formula is C31H29ClFNO3. The molecule has 4 nitrogen and oxygen atoms in total. The number of aromatic nitrogens is 1. The smallest absolute Gasteiger partial charge is 0.227 e. The third kappa shape index (κ3) is 6.23. The predicted octanol–water partition coefficient (Wildman–Crippen LogP) is 8.10. The monoisotopic (exact) mass is 517 g/mol. The average molecular weight is 518 g/mol. The molecule has 0 amide bonds. The summed E-state index contributed by atoms with van der Waals surface area (Å²) in [5.41, 5.74) is 2.56. The number of halogens is 2. The van der Waals surface area contributed by atoms with E-state index in [4.69, 9.17) is 16.3 Å². The number of pyridine rings is 1. The van der Waals surface area contributed by atoms with Crippen LogP contribution in [0.3, 0.4) is 0 Å². The minimum absolute atomic E-state index is 0.0926. The Balaban J connectivity index is 1.59. The SMILES string of the molecule is Cc1ccc(F)c(Oc2nccc3c(CC(=O)c4cc(CCC(=O)C(C)(C)C)ccc4Cl)cccc23)c1. The number of nitrogens with zero attached hydrogens (tertiary/aromatic N) is 1. The van der Waals surface area contributed by atoms with Gasteiger partial charge in [0.2, 0.25) is 5.88 Å². The maximum Gasteiger partial charge on any atom is 0.227 e.